The lowest BCUT2D eigenvalue weighted by atomic mass is 9.65. The zero-order chi connectivity index (χ0) is 14.8. The fraction of sp³-hybridized carbons (Fsp3) is 1.00. The van der Waals surface area contributed by atoms with E-state index in [0.717, 1.165) is 57.8 Å². The van der Waals surface area contributed by atoms with E-state index in [9.17, 15) is 8.78 Å². The van der Waals surface area contributed by atoms with Crippen LogP contribution in [0.4, 0.5) is 8.78 Å². The van der Waals surface area contributed by atoms with E-state index in [1.165, 1.54) is 0 Å². The molecule has 0 amide bonds. The molecule has 3 rings (SSSR count). The van der Waals surface area contributed by atoms with Gasteiger partial charge < -0.3 is 0 Å². The maximum Gasteiger partial charge on any atom is 0.103 e. The van der Waals surface area contributed by atoms with E-state index < -0.39 is 12.3 Å². The van der Waals surface area contributed by atoms with E-state index in [2.05, 4.69) is 0 Å². The SMILES string of the molecule is FC1CC(C2CCCCC2F)CCC1C1CCC(Cl)CC1. The quantitative estimate of drug-likeness (QED) is 0.542. The van der Waals surface area contributed by atoms with Crippen LogP contribution in [0.5, 0.6) is 0 Å². The van der Waals surface area contributed by atoms with Crippen LogP contribution in [0.1, 0.15) is 70.6 Å². The minimum atomic E-state index is -0.699. The lowest BCUT2D eigenvalue weighted by Crippen LogP contribution is -2.38. The topological polar surface area (TPSA) is 0 Å². The Morgan fingerprint density at radius 2 is 1.24 bits per heavy atom. The Labute approximate surface area is 133 Å². The number of rotatable bonds is 2. The molecule has 0 saturated heterocycles. The molecular formula is C18H29ClF2. The Kier molecular flexibility index (Phi) is 5.45. The average molecular weight is 319 g/mol. The second-order valence-electron chi connectivity index (χ2n) is 7.73. The second-order valence-corrected chi connectivity index (χ2v) is 8.35. The van der Waals surface area contributed by atoms with Crippen LogP contribution in [0.25, 0.3) is 0 Å². The molecule has 0 heterocycles. The Morgan fingerprint density at radius 3 is 1.90 bits per heavy atom. The highest BCUT2D eigenvalue weighted by molar-refractivity contribution is 6.20. The molecule has 21 heavy (non-hydrogen) atoms. The molecule has 0 aromatic carbocycles. The van der Waals surface area contributed by atoms with E-state index in [1.807, 2.05) is 0 Å². The first kappa shape index (κ1) is 16.0. The monoisotopic (exact) mass is 318 g/mol. The van der Waals surface area contributed by atoms with E-state index in [4.69, 9.17) is 11.6 Å². The average Bonchev–Trinajstić information content (AvgIpc) is 2.49. The van der Waals surface area contributed by atoms with Gasteiger partial charge in [0.1, 0.15) is 12.3 Å². The van der Waals surface area contributed by atoms with Gasteiger partial charge in [-0.05, 0) is 81.5 Å². The summed E-state index contributed by atoms with van der Waals surface area (Å²) in [5, 5.41) is 0.310. The molecule has 0 nitrogen and oxygen atoms in total. The number of hydrogen-bond donors (Lipinski definition) is 0. The minimum absolute atomic E-state index is 0.150. The standard InChI is InChI=1S/C18H29ClF2/c19-14-8-5-12(6-9-14)16-10-7-13(11-18(16)21)15-3-1-2-4-17(15)20/h12-18H,1-11H2. The third kappa shape index (κ3) is 3.74. The lowest BCUT2D eigenvalue weighted by Gasteiger charge is -2.42. The molecule has 0 aromatic heterocycles. The summed E-state index contributed by atoms with van der Waals surface area (Å²) in [4.78, 5) is 0. The van der Waals surface area contributed by atoms with Gasteiger partial charge in [-0.3, -0.25) is 0 Å². The molecule has 5 unspecified atom stereocenters. The third-order valence-corrected chi connectivity index (χ3v) is 6.94. The number of alkyl halides is 3. The highest BCUT2D eigenvalue weighted by atomic mass is 35.5. The van der Waals surface area contributed by atoms with Gasteiger partial charge in [-0.25, -0.2) is 8.78 Å². The molecule has 0 bridgehead atoms. The van der Waals surface area contributed by atoms with Gasteiger partial charge >= 0.3 is 0 Å². The van der Waals surface area contributed by atoms with Crippen LogP contribution < -0.4 is 0 Å². The highest BCUT2D eigenvalue weighted by Gasteiger charge is 2.41. The van der Waals surface area contributed by atoms with Crippen LogP contribution in [-0.2, 0) is 0 Å². The molecule has 0 radical (unpaired) electrons. The Balaban J connectivity index is 1.54. The maximum absolute atomic E-state index is 14.7. The molecule has 3 fully saturated rings. The van der Waals surface area contributed by atoms with Gasteiger partial charge in [-0.15, -0.1) is 11.6 Å². The number of halogens is 3. The van der Waals surface area contributed by atoms with Crippen molar-refractivity contribution >= 4 is 11.6 Å². The van der Waals surface area contributed by atoms with E-state index >= 15 is 0 Å². The van der Waals surface area contributed by atoms with Gasteiger partial charge in [-0.1, -0.05) is 12.8 Å². The van der Waals surface area contributed by atoms with Gasteiger partial charge in [-0.2, -0.15) is 0 Å². The lowest BCUT2D eigenvalue weighted by molar-refractivity contribution is 0.0185. The highest BCUT2D eigenvalue weighted by Crippen LogP contribution is 2.46. The maximum atomic E-state index is 14.7. The van der Waals surface area contributed by atoms with Crippen molar-refractivity contribution in [3.63, 3.8) is 0 Å². The molecule has 3 aliphatic rings. The van der Waals surface area contributed by atoms with Gasteiger partial charge in [0.2, 0.25) is 0 Å². The van der Waals surface area contributed by atoms with Crippen LogP contribution >= 0.6 is 11.6 Å². The summed E-state index contributed by atoms with van der Waals surface area (Å²) in [6.45, 7) is 0. The predicted octanol–water partition coefficient (Wildman–Crippen LogP) is 6.07. The summed E-state index contributed by atoms with van der Waals surface area (Å²) >= 11 is 6.16. The van der Waals surface area contributed by atoms with Crippen molar-refractivity contribution in [3.8, 4) is 0 Å². The first-order valence-electron chi connectivity index (χ1n) is 9.07. The van der Waals surface area contributed by atoms with Crippen molar-refractivity contribution in [3.05, 3.63) is 0 Å². The second kappa shape index (κ2) is 7.15. The molecule has 122 valence electrons. The first-order chi connectivity index (χ1) is 10.1. The molecule has 0 spiro atoms. The van der Waals surface area contributed by atoms with Crippen LogP contribution in [0, 0.1) is 23.7 Å². The van der Waals surface area contributed by atoms with Crippen molar-refractivity contribution in [2.45, 2.75) is 88.3 Å². The summed E-state index contributed by atoms with van der Waals surface area (Å²) in [6.07, 6.45) is 9.44. The third-order valence-electron chi connectivity index (χ3n) is 6.51. The van der Waals surface area contributed by atoms with E-state index in [0.29, 0.717) is 30.1 Å². The van der Waals surface area contributed by atoms with Crippen LogP contribution in [-0.4, -0.2) is 17.7 Å². The molecule has 0 aromatic rings. The molecule has 3 saturated carbocycles. The van der Waals surface area contributed by atoms with Crippen molar-refractivity contribution in [1.29, 1.82) is 0 Å². The Hall–Kier alpha value is 0.150. The summed E-state index contributed by atoms with van der Waals surface area (Å²) in [6, 6.07) is 0. The molecule has 3 aliphatic carbocycles. The molecular weight excluding hydrogens is 290 g/mol. The van der Waals surface area contributed by atoms with Crippen molar-refractivity contribution in [1.82, 2.24) is 0 Å². The molecule has 0 aliphatic heterocycles. The van der Waals surface area contributed by atoms with Crippen LogP contribution in [0.2, 0.25) is 0 Å². The fourth-order valence-corrected chi connectivity index (χ4v) is 5.49. The molecule has 5 atom stereocenters. The first-order valence-corrected chi connectivity index (χ1v) is 9.51. The van der Waals surface area contributed by atoms with Crippen LogP contribution in [0.3, 0.4) is 0 Å². The Bertz CT molecular complexity index is 327. The fourth-order valence-electron chi connectivity index (χ4n) is 5.24. The zero-order valence-corrected chi connectivity index (χ0v) is 13.7. The van der Waals surface area contributed by atoms with Crippen LogP contribution in [0.15, 0.2) is 0 Å². The summed E-state index contributed by atoms with van der Waals surface area (Å²) in [5.74, 6) is 1.21. The van der Waals surface area contributed by atoms with Gasteiger partial charge in [0.25, 0.3) is 0 Å². The van der Waals surface area contributed by atoms with Crippen molar-refractivity contribution < 1.29 is 8.78 Å². The van der Waals surface area contributed by atoms with E-state index in [-0.39, 0.29) is 11.8 Å². The van der Waals surface area contributed by atoms with Crippen molar-refractivity contribution in [2.24, 2.45) is 23.7 Å². The number of hydrogen-bond acceptors (Lipinski definition) is 0. The summed E-state index contributed by atoms with van der Waals surface area (Å²) in [7, 11) is 0. The minimum Gasteiger partial charge on any atom is -0.247 e. The van der Waals surface area contributed by atoms with Gasteiger partial charge in [0.05, 0.1) is 0 Å². The van der Waals surface area contributed by atoms with Gasteiger partial charge in [0.15, 0.2) is 0 Å². The van der Waals surface area contributed by atoms with Crippen molar-refractivity contribution in [2.75, 3.05) is 0 Å². The Morgan fingerprint density at radius 1 is 0.619 bits per heavy atom. The molecule has 0 N–H and O–H groups in total. The smallest absolute Gasteiger partial charge is 0.103 e. The largest absolute Gasteiger partial charge is 0.247 e. The summed E-state index contributed by atoms with van der Waals surface area (Å²) < 4.78 is 28.8. The van der Waals surface area contributed by atoms with Gasteiger partial charge in [0, 0.05) is 5.38 Å². The molecule has 3 heteroatoms. The summed E-state index contributed by atoms with van der Waals surface area (Å²) in [5.41, 5.74) is 0. The predicted molar refractivity (Wildman–Crippen MR) is 84.2 cm³/mol. The normalized spacial score (nSPS) is 49.0. The van der Waals surface area contributed by atoms with E-state index in [1.54, 1.807) is 0 Å². The zero-order valence-electron chi connectivity index (χ0n) is 13.0.